The van der Waals surface area contributed by atoms with Gasteiger partial charge in [0.2, 0.25) is 0 Å². The molecule has 2 nitrogen and oxygen atoms in total. The first-order valence-corrected chi connectivity index (χ1v) is 5.74. The molecule has 0 aromatic heterocycles. The standard InChI is InChI=1S/C11H11Cl2F2NO/c12-9-4-2-8(3-5-9)10(17)16-7-1-6-11(13,14)15/h2-5H,1,6-7H2,(H,16,17). The Morgan fingerprint density at radius 1 is 1.29 bits per heavy atom. The normalized spacial score (nSPS) is 11.3. The van der Waals surface area contributed by atoms with Crippen molar-refractivity contribution in [1.29, 1.82) is 0 Å². The molecule has 1 N–H and O–H groups in total. The van der Waals surface area contributed by atoms with E-state index < -0.39 is 11.8 Å². The maximum atomic E-state index is 12.3. The number of amides is 1. The lowest BCUT2D eigenvalue weighted by Crippen LogP contribution is -2.25. The molecule has 17 heavy (non-hydrogen) atoms. The summed E-state index contributed by atoms with van der Waals surface area (Å²) in [5, 5.41) is -0.156. The second-order valence-electron chi connectivity index (χ2n) is 3.48. The summed E-state index contributed by atoms with van der Waals surface area (Å²) in [7, 11) is 0. The summed E-state index contributed by atoms with van der Waals surface area (Å²) in [4.78, 5) is 11.5. The van der Waals surface area contributed by atoms with E-state index in [0.717, 1.165) is 0 Å². The highest BCUT2D eigenvalue weighted by Crippen LogP contribution is 2.24. The van der Waals surface area contributed by atoms with Crippen LogP contribution in [0.1, 0.15) is 23.2 Å². The first-order valence-electron chi connectivity index (χ1n) is 4.99. The molecule has 0 atom stereocenters. The third-order valence-electron chi connectivity index (χ3n) is 2.03. The Morgan fingerprint density at radius 2 is 1.88 bits per heavy atom. The monoisotopic (exact) mass is 281 g/mol. The number of benzene rings is 1. The molecule has 0 heterocycles. The molecule has 0 bridgehead atoms. The van der Waals surface area contributed by atoms with E-state index in [9.17, 15) is 13.6 Å². The Kier molecular flexibility index (Phi) is 5.15. The summed E-state index contributed by atoms with van der Waals surface area (Å²) >= 11 is 10.4. The van der Waals surface area contributed by atoms with Gasteiger partial charge in [-0.15, -0.1) is 0 Å². The quantitative estimate of drug-likeness (QED) is 0.647. The summed E-state index contributed by atoms with van der Waals surface area (Å²) in [6, 6.07) is 6.30. The van der Waals surface area contributed by atoms with Gasteiger partial charge >= 0.3 is 5.38 Å². The Hall–Kier alpha value is -0.870. The third kappa shape index (κ3) is 5.84. The summed E-state index contributed by atoms with van der Waals surface area (Å²) < 4.78 is 24.5. The van der Waals surface area contributed by atoms with Crippen LogP contribution in [0.25, 0.3) is 0 Å². The SMILES string of the molecule is O=C(NCCCC(F)(F)Cl)c1ccc(Cl)cc1. The highest BCUT2D eigenvalue weighted by Gasteiger charge is 2.23. The van der Waals surface area contributed by atoms with Crippen LogP contribution in [0.15, 0.2) is 24.3 Å². The molecule has 0 aliphatic carbocycles. The Labute approximate surface area is 108 Å². The van der Waals surface area contributed by atoms with Crippen LogP contribution in [0.3, 0.4) is 0 Å². The van der Waals surface area contributed by atoms with E-state index in [2.05, 4.69) is 5.32 Å². The van der Waals surface area contributed by atoms with Crippen LogP contribution in [-0.4, -0.2) is 17.8 Å². The number of rotatable bonds is 5. The lowest BCUT2D eigenvalue weighted by Gasteiger charge is -2.08. The number of hydrogen-bond donors (Lipinski definition) is 1. The smallest absolute Gasteiger partial charge is 0.321 e. The van der Waals surface area contributed by atoms with Gasteiger partial charge in [0.15, 0.2) is 0 Å². The molecule has 0 aliphatic rings. The number of carbonyl (C=O) groups excluding carboxylic acids is 1. The Morgan fingerprint density at radius 3 is 2.41 bits per heavy atom. The zero-order chi connectivity index (χ0) is 12.9. The van der Waals surface area contributed by atoms with Crippen LogP contribution in [0.4, 0.5) is 8.78 Å². The van der Waals surface area contributed by atoms with Crippen LogP contribution in [0.5, 0.6) is 0 Å². The van der Waals surface area contributed by atoms with E-state index in [1.54, 1.807) is 24.3 Å². The molecule has 0 spiro atoms. The number of alkyl halides is 3. The maximum Gasteiger partial charge on any atom is 0.321 e. The molecular formula is C11H11Cl2F2NO. The van der Waals surface area contributed by atoms with Crippen molar-refractivity contribution in [3.63, 3.8) is 0 Å². The van der Waals surface area contributed by atoms with Crippen LogP contribution < -0.4 is 5.32 Å². The van der Waals surface area contributed by atoms with Gasteiger partial charge in [-0.1, -0.05) is 11.6 Å². The van der Waals surface area contributed by atoms with E-state index in [4.69, 9.17) is 23.2 Å². The van der Waals surface area contributed by atoms with Crippen molar-refractivity contribution in [1.82, 2.24) is 5.32 Å². The minimum atomic E-state index is -3.20. The minimum Gasteiger partial charge on any atom is -0.352 e. The molecule has 0 radical (unpaired) electrons. The second kappa shape index (κ2) is 6.17. The Bertz CT molecular complexity index is 376. The molecule has 1 aromatic rings. The van der Waals surface area contributed by atoms with Crippen molar-refractivity contribution in [2.24, 2.45) is 0 Å². The molecule has 0 aliphatic heterocycles. The molecule has 94 valence electrons. The predicted molar refractivity (Wildman–Crippen MR) is 63.8 cm³/mol. The van der Waals surface area contributed by atoms with Crippen molar-refractivity contribution in [3.05, 3.63) is 34.9 Å². The first kappa shape index (κ1) is 14.2. The predicted octanol–water partition coefficient (Wildman–Crippen LogP) is 3.68. The van der Waals surface area contributed by atoms with Gasteiger partial charge in [-0.3, -0.25) is 4.79 Å². The molecule has 0 saturated heterocycles. The Balaban J connectivity index is 2.33. The molecular weight excluding hydrogens is 271 g/mol. The average Bonchev–Trinajstić information content (AvgIpc) is 2.24. The van der Waals surface area contributed by atoms with Gasteiger partial charge in [0.1, 0.15) is 0 Å². The summed E-state index contributed by atoms with van der Waals surface area (Å²) in [5.41, 5.74) is 0.437. The van der Waals surface area contributed by atoms with E-state index in [0.29, 0.717) is 10.6 Å². The van der Waals surface area contributed by atoms with Gasteiger partial charge in [-0.25, -0.2) is 0 Å². The molecule has 1 amide bonds. The summed E-state index contributed by atoms with van der Waals surface area (Å²) in [5.74, 6) is -0.320. The van der Waals surface area contributed by atoms with Gasteiger partial charge < -0.3 is 5.32 Å². The van der Waals surface area contributed by atoms with Gasteiger partial charge in [-0.05, 0) is 42.3 Å². The van der Waals surface area contributed by atoms with Gasteiger partial charge in [0, 0.05) is 23.6 Å². The topological polar surface area (TPSA) is 29.1 Å². The largest absolute Gasteiger partial charge is 0.352 e. The van der Waals surface area contributed by atoms with Crippen LogP contribution in [0, 0.1) is 0 Å². The van der Waals surface area contributed by atoms with E-state index in [1.807, 2.05) is 0 Å². The van der Waals surface area contributed by atoms with Crippen LogP contribution in [0.2, 0.25) is 5.02 Å². The summed E-state index contributed by atoms with van der Waals surface area (Å²) in [6.45, 7) is 0.157. The number of halogens is 4. The third-order valence-corrected chi connectivity index (χ3v) is 2.47. The zero-order valence-electron chi connectivity index (χ0n) is 8.85. The molecule has 1 aromatic carbocycles. The molecule has 0 saturated carbocycles. The van der Waals surface area contributed by atoms with E-state index in [1.165, 1.54) is 0 Å². The van der Waals surface area contributed by atoms with Gasteiger partial charge in [0.05, 0.1) is 0 Å². The van der Waals surface area contributed by atoms with Crippen molar-refractivity contribution >= 4 is 29.1 Å². The zero-order valence-corrected chi connectivity index (χ0v) is 10.4. The molecule has 0 fully saturated rings. The molecule has 0 unspecified atom stereocenters. The van der Waals surface area contributed by atoms with E-state index >= 15 is 0 Å². The molecule has 1 rings (SSSR count). The van der Waals surface area contributed by atoms with Gasteiger partial charge in [-0.2, -0.15) is 8.78 Å². The number of nitrogens with one attached hydrogen (secondary N) is 1. The fraction of sp³-hybridized carbons (Fsp3) is 0.364. The van der Waals surface area contributed by atoms with Crippen molar-refractivity contribution < 1.29 is 13.6 Å². The second-order valence-corrected chi connectivity index (χ2v) is 4.47. The van der Waals surface area contributed by atoms with Crippen LogP contribution in [-0.2, 0) is 0 Å². The maximum absolute atomic E-state index is 12.3. The highest BCUT2D eigenvalue weighted by atomic mass is 35.5. The van der Waals surface area contributed by atoms with Crippen LogP contribution >= 0.6 is 23.2 Å². The fourth-order valence-electron chi connectivity index (χ4n) is 1.19. The lowest BCUT2D eigenvalue weighted by atomic mass is 10.2. The number of hydrogen-bond acceptors (Lipinski definition) is 1. The lowest BCUT2D eigenvalue weighted by molar-refractivity contribution is 0.0814. The number of carbonyl (C=O) groups is 1. The average molecular weight is 282 g/mol. The van der Waals surface area contributed by atoms with Gasteiger partial charge in [0.25, 0.3) is 5.91 Å². The summed E-state index contributed by atoms with van der Waals surface area (Å²) in [6.07, 6.45) is -0.342. The van der Waals surface area contributed by atoms with Crippen molar-refractivity contribution in [2.75, 3.05) is 6.54 Å². The fourth-order valence-corrected chi connectivity index (χ4v) is 1.45. The highest BCUT2D eigenvalue weighted by molar-refractivity contribution is 6.30. The minimum absolute atomic E-state index is 0.121. The van der Waals surface area contributed by atoms with Crippen molar-refractivity contribution in [2.45, 2.75) is 18.2 Å². The first-order chi connectivity index (χ1) is 7.88. The van der Waals surface area contributed by atoms with Crippen molar-refractivity contribution in [3.8, 4) is 0 Å². The van der Waals surface area contributed by atoms with E-state index in [-0.39, 0.29) is 18.9 Å². The molecule has 6 heteroatoms.